The first-order valence-electron chi connectivity index (χ1n) is 11.3. The van der Waals surface area contributed by atoms with Crippen LogP contribution in [-0.4, -0.2) is 40.4 Å². The Bertz CT molecular complexity index is 1080. The molecule has 0 unspecified atom stereocenters. The molecular formula is C25H28N6O. The zero-order chi connectivity index (χ0) is 22.3. The molecule has 1 saturated heterocycles. The second kappa shape index (κ2) is 10.3. The van der Waals surface area contributed by atoms with E-state index in [1.54, 1.807) is 0 Å². The Kier molecular flexibility index (Phi) is 6.99. The number of aromatic nitrogens is 2. The van der Waals surface area contributed by atoms with Gasteiger partial charge in [-0.3, -0.25) is 9.78 Å². The summed E-state index contributed by atoms with van der Waals surface area (Å²) in [5.74, 6) is 0.554. The molecule has 2 heterocycles. The zero-order valence-electron chi connectivity index (χ0n) is 18.2. The third-order valence-electron chi connectivity index (χ3n) is 6.43. The van der Waals surface area contributed by atoms with Crippen LogP contribution < -0.4 is 5.32 Å². The fourth-order valence-corrected chi connectivity index (χ4v) is 4.64. The molecule has 1 fully saturated rings. The number of anilines is 1. The lowest BCUT2D eigenvalue weighted by molar-refractivity contribution is 0.101. The van der Waals surface area contributed by atoms with Crippen LogP contribution in [0.2, 0.25) is 0 Å². The second-order valence-electron chi connectivity index (χ2n) is 8.49. The molecule has 2 aliphatic rings. The SMILES string of the molecule is [C-]#[N+]c1cnc(C(=O)Nc2ccc(C3CCN(CCC#N)CC3)cc2C2=CCCCC2)[nH]1. The molecule has 1 aliphatic carbocycles. The highest BCUT2D eigenvalue weighted by Crippen LogP contribution is 2.36. The lowest BCUT2D eigenvalue weighted by Crippen LogP contribution is -2.33. The van der Waals surface area contributed by atoms with E-state index in [1.165, 1.54) is 23.8 Å². The van der Waals surface area contributed by atoms with Crippen LogP contribution in [0.15, 0.2) is 30.5 Å². The summed E-state index contributed by atoms with van der Waals surface area (Å²) in [6.45, 7) is 9.94. The third kappa shape index (κ3) is 5.07. The maximum Gasteiger partial charge on any atom is 0.314 e. The molecular weight excluding hydrogens is 400 g/mol. The topological polar surface area (TPSA) is 89.2 Å². The maximum atomic E-state index is 12.7. The van der Waals surface area contributed by atoms with Crippen molar-refractivity contribution >= 4 is 23.0 Å². The van der Waals surface area contributed by atoms with Crippen molar-refractivity contribution in [2.24, 2.45) is 0 Å². The lowest BCUT2D eigenvalue weighted by Gasteiger charge is -2.32. The maximum absolute atomic E-state index is 12.7. The normalized spacial score (nSPS) is 17.2. The predicted molar refractivity (Wildman–Crippen MR) is 124 cm³/mol. The molecule has 164 valence electrons. The number of amides is 1. The van der Waals surface area contributed by atoms with Gasteiger partial charge in [-0.05, 0) is 80.8 Å². The Labute approximate surface area is 189 Å². The quantitative estimate of drug-likeness (QED) is 0.614. The Morgan fingerprint density at radius 2 is 2.19 bits per heavy atom. The van der Waals surface area contributed by atoms with Crippen LogP contribution in [0.4, 0.5) is 11.5 Å². The lowest BCUT2D eigenvalue weighted by atomic mass is 9.85. The van der Waals surface area contributed by atoms with Crippen molar-refractivity contribution in [3.63, 3.8) is 0 Å². The van der Waals surface area contributed by atoms with E-state index >= 15 is 0 Å². The highest BCUT2D eigenvalue weighted by atomic mass is 16.2. The van der Waals surface area contributed by atoms with Gasteiger partial charge in [0.2, 0.25) is 5.82 Å². The molecule has 0 radical (unpaired) electrons. The number of piperidine rings is 1. The van der Waals surface area contributed by atoms with Crippen molar-refractivity contribution in [3.8, 4) is 6.07 Å². The summed E-state index contributed by atoms with van der Waals surface area (Å²) < 4.78 is 0. The molecule has 0 spiro atoms. The van der Waals surface area contributed by atoms with E-state index in [0.717, 1.165) is 63.0 Å². The molecule has 1 aliphatic heterocycles. The first-order chi connectivity index (χ1) is 15.7. The predicted octanol–water partition coefficient (Wildman–Crippen LogP) is 5.26. The summed E-state index contributed by atoms with van der Waals surface area (Å²) in [7, 11) is 0. The standard InChI is InChI=1S/C25H28N6O/c1-27-23-17-28-24(30-23)25(32)29-22-9-8-20(16-21(22)19-6-3-2-4-7-19)18-10-14-31(15-11-18)13-5-12-26/h6,8-9,16-18H,2-5,7,10-11,13-15H2,(H,28,30)(H,29,32). The fraction of sp³-hybridized carbons (Fsp3) is 0.440. The van der Waals surface area contributed by atoms with Gasteiger partial charge in [0.1, 0.15) is 0 Å². The number of rotatable bonds is 6. The van der Waals surface area contributed by atoms with Crippen molar-refractivity contribution in [1.82, 2.24) is 14.9 Å². The van der Waals surface area contributed by atoms with Crippen LogP contribution in [0.25, 0.3) is 10.4 Å². The van der Waals surface area contributed by atoms with Gasteiger partial charge in [0, 0.05) is 24.2 Å². The van der Waals surface area contributed by atoms with Crippen molar-refractivity contribution < 1.29 is 4.79 Å². The van der Waals surface area contributed by atoms with Crippen molar-refractivity contribution in [3.05, 3.63) is 58.8 Å². The number of allylic oxidation sites excluding steroid dienone is 2. The molecule has 1 amide bonds. The number of nitriles is 1. The van der Waals surface area contributed by atoms with Gasteiger partial charge >= 0.3 is 5.91 Å². The van der Waals surface area contributed by atoms with E-state index in [9.17, 15) is 4.79 Å². The van der Waals surface area contributed by atoms with E-state index in [1.807, 2.05) is 6.07 Å². The second-order valence-corrected chi connectivity index (χ2v) is 8.49. The number of nitrogens with zero attached hydrogens (tertiary/aromatic N) is 4. The minimum atomic E-state index is -0.337. The summed E-state index contributed by atoms with van der Waals surface area (Å²) >= 11 is 0. The molecule has 2 N–H and O–H groups in total. The smallest absolute Gasteiger partial charge is 0.314 e. The molecule has 2 aromatic rings. The van der Waals surface area contributed by atoms with E-state index < -0.39 is 0 Å². The Morgan fingerprint density at radius 3 is 2.88 bits per heavy atom. The average molecular weight is 429 g/mol. The molecule has 7 nitrogen and oxygen atoms in total. The van der Waals surface area contributed by atoms with Crippen LogP contribution in [0, 0.1) is 17.9 Å². The van der Waals surface area contributed by atoms with Gasteiger partial charge in [0.15, 0.2) is 0 Å². The van der Waals surface area contributed by atoms with Crippen LogP contribution in [-0.2, 0) is 0 Å². The van der Waals surface area contributed by atoms with E-state index in [4.69, 9.17) is 11.8 Å². The van der Waals surface area contributed by atoms with Crippen LogP contribution >= 0.6 is 0 Å². The number of nitrogens with one attached hydrogen (secondary N) is 2. The largest absolute Gasteiger partial charge is 0.363 e. The van der Waals surface area contributed by atoms with Gasteiger partial charge in [-0.25, -0.2) is 4.98 Å². The van der Waals surface area contributed by atoms with Gasteiger partial charge < -0.3 is 15.1 Å². The minimum absolute atomic E-state index is 0.147. The molecule has 0 bridgehead atoms. The Morgan fingerprint density at radius 1 is 1.34 bits per heavy atom. The summed E-state index contributed by atoms with van der Waals surface area (Å²) in [6.07, 6.45) is 10.9. The van der Waals surface area contributed by atoms with E-state index in [2.05, 4.69) is 49.3 Å². The van der Waals surface area contributed by atoms with Crippen molar-refractivity contribution in [2.75, 3.05) is 25.0 Å². The summed E-state index contributed by atoms with van der Waals surface area (Å²) in [5.41, 5.74) is 4.50. The first-order valence-corrected chi connectivity index (χ1v) is 11.3. The number of benzene rings is 1. The number of hydrogen-bond donors (Lipinski definition) is 2. The molecule has 1 aromatic carbocycles. The van der Waals surface area contributed by atoms with Gasteiger partial charge in [0.05, 0.1) is 12.3 Å². The van der Waals surface area contributed by atoms with Crippen LogP contribution in [0.3, 0.4) is 0 Å². The number of carbonyl (C=O) groups is 1. The van der Waals surface area contributed by atoms with Gasteiger partial charge in [-0.2, -0.15) is 5.26 Å². The number of carbonyl (C=O) groups excluding carboxylic acids is 1. The molecule has 4 rings (SSSR count). The molecule has 0 saturated carbocycles. The number of hydrogen-bond acceptors (Lipinski definition) is 4. The van der Waals surface area contributed by atoms with Crippen LogP contribution in [0.1, 0.15) is 72.6 Å². The minimum Gasteiger partial charge on any atom is -0.363 e. The average Bonchev–Trinajstić information content (AvgIpc) is 3.33. The van der Waals surface area contributed by atoms with Gasteiger partial charge in [-0.15, -0.1) is 0 Å². The monoisotopic (exact) mass is 428 g/mol. The summed E-state index contributed by atoms with van der Waals surface area (Å²) in [6, 6.07) is 8.64. The Balaban J connectivity index is 1.55. The highest BCUT2D eigenvalue weighted by molar-refractivity contribution is 6.03. The number of H-pyrrole nitrogens is 1. The molecule has 32 heavy (non-hydrogen) atoms. The van der Waals surface area contributed by atoms with E-state index in [0.29, 0.717) is 12.3 Å². The van der Waals surface area contributed by atoms with Crippen molar-refractivity contribution in [1.29, 1.82) is 5.26 Å². The van der Waals surface area contributed by atoms with Gasteiger partial charge in [-0.1, -0.05) is 18.7 Å². The molecule has 0 atom stereocenters. The number of aromatic amines is 1. The fourth-order valence-electron chi connectivity index (χ4n) is 4.64. The van der Waals surface area contributed by atoms with Crippen LogP contribution in [0.5, 0.6) is 0 Å². The van der Waals surface area contributed by atoms with Crippen molar-refractivity contribution in [2.45, 2.75) is 50.9 Å². The highest BCUT2D eigenvalue weighted by Gasteiger charge is 2.23. The third-order valence-corrected chi connectivity index (χ3v) is 6.43. The van der Waals surface area contributed by atoms with Gasteiger partial charge in [0.25, 0.3) is 5.82 Å². The summed E-state index contributed by atoms with van der Waals surface area (Å²) in [4.78, 5) is 25.2. The zero-order valence-corrected chi connectivity index (χ0v) is 18.2. The molecule has 1 aromatic heterocycles. The first kappa shape index (κ1) is 21.8. The number of likely N-dealkylation sites (tertiary alicyclic amines) is 1. The molecule has 7 heteroatoms. The number of imidazole rings is 1. The Hall–Kier alpha value is -3.42. The van der Waals surface area contributed by atoms with E-state index in [-0.39, 0.29) is 17.5 Å². The summed E-state index contributed by atoms with van der Waals surface area (Å²) in [5, 5.41) is 11.8.